The lowest BCUT2D eigenvalue weighted by Crippen LogP contribution is -2.54. The first-order valence-corrected chi connectivity index (χ1v) is 14.5. The summed E-state index contributed by atoms with van der Waals surface area (Å²) in [4.78, 5) is 11.0. The van der Waals surface area contributed by atoms with Crippen LogP contribution in [0.15, 0.2) is 29.2 Å². The van der Waals surface area contributed by atoms with Gasteiger partial charge in [-0.05, 0) is 30.5 Å². The number of hydrogen-bond acceptors (Lipinski definition) is 8. The number of carbonyl (C=O) groups excluding carboxylic acids is 1. The van der Waals surface area contributed by atoms with Crippen molar-refractivity contribution >= 4 is 35.6 Å². The molecule has 2 aliphatic heterocycles. The molecule has 2 aliphatic rings. The van der Waals surface area contributed by atoms with Crippen molar-refractivity contribution < 1.29 is 30.0 Å². The predicted octanol–water partition coefficient (Wildman–Crippen LogP) is -0.808. The highest BCUT2D eigenvalue weighted by molar-refractivity contribution is 7.92. The molecule has 0 saturated carbocycles. The molecule has 1 aromatic carbocycles. The molecule has 168 valence electrons. The van der Waals surface area contributed by atoms with E-state index in [0.29, 0.717) is 5.56 Å². The van der Waals surface area contributed by atoms with Crippen LogP contribution in [0.2, 0.25) is 0 Å². The molecule has 2 fully saturated rings. The van der Waals surface area contributed by atoms with Crippen LogP contribution in [0.1, 0.15) is 25.3 Å². The second kappa shape index (κ2) is 8.54. The molecule has 1 amide bonds. The maximum atomic E-state index is 13.3. The Morgan fingerprint density at radius 1 is 1.03 bits per heavy atom. The van der Waals surface area contributed by atoms with E-state index in [4.69, 9.17) is 0 Å². The van der Waals surface area contributed by atoms with E-state index in [1.165, 1.54) is 19.1 Å². The normalized spacial score (nSPS) is 25.4. The molecule has 0 spiro atoms. The van der Waals surface area contributed by atoms with Gasteiger partial charge in [0.05, 0.1) is 33.9 Å². The summed E-state index contributed by atoms with van der Waals surface area (Å²) < 4.78 is 75.0. The Labute approximate surface area is 176 Å². The first-order valence-electron chi connectivity index (χ1n) is 9.43. The Morgan fingerprint density at radius 2 is 1.63 bits per heavy atom. The molecule has 1 aromatic rings. The molecule has 0 aromatic heterocycles. The molecule has 2 atom stereocenters. The predicted molar refractivity (Wildman–Crippen MR) is 110 cm³/mol. The smallest absolute Gasteiger partial charge is 0.256 e. The maximum absolute atomic E-state index is 13.3. The van der Waals surface area contributed by atoms with Gasteiger partial charge in [0.25, 0.3) is 10.0 Å². The van der Waals surface area contributed by atoms with Gasteiger partial charge in [-0.25, -0.2) is 30.7 Å². The number of sulfone groups is 2. The zero-order valence-electron chi connectivity index (χ0n) is 16.4. The second-order valence-corrected chi connectivity index (χ2v) is 13.9. The first-order chi connectivity index (χ1) is 13.9. The summed E-state index contributed by atoms with van der Waals surface area (Å²) in [5.74, 6) is -0.896. The van der Waals surface area contributed by atoms with Crippen molar-refractivity contribution in [3.63, 3.8) is 0 Å². The molecule has 2 N–H and O–H groups in total. The Kier molecular flexibility index (Phi) is 6.58. The highest BCUT2D eigenvalue weighted by Crippen LogP contribution is 2.25. The molecule has 0 unspecified atom stereocenters. The minimum atomic E-state index is -4.13. The second-order valence-electron chi connectivity index (χ2n) is 7.64. The van der Waals surface area contributed by atoms with E-state index < -0.39 is 41.8 Å². The van der Waals surface area contributed by atoms with E-state index in [1.807, 2.05) is 0 Å². The quantitative estimate of drug-likeness (QED) is 0.483. The number of amides is 1. The van der Waals surface area contributed by atoms with Crippen LogP contribution in [0.5, 0.6) is 0 Å². The number of carbonyl (C=O) groups is 1. The number of benzene rings is 1. The van der Waals surface area contributed by atoms with Gasteiger partial charge in [0.15, 0.2) is 19.7 Å². The van der Waals surface area contributed by atoms with Crippen LogP contribution < -0.4 is 10.7 Å². The molecule has 0 aliphatic carbocycles. The van der Waals surface area contributed by atoms with E-state index in [0.717, 1.165) is 4.41 Å². The Balaban J connectivity index is 1.86. The number of nitrogens with zero attached hydrogens (tertiary/aromatic N) is 1. The summed E-state index contributed by atoms with van der Waals surface area (Å²) >= 11 is 0. The molecule has 13 heteroatoms. The minimum absolute atomic E-state index is 0.0423. The molecule has 30 heavy (non-hydrogen) atoms. The SMILES string of the molecule is CC(=O)NCc1ccc(S(=O)(=O)N(N[C@H]2CCS(=O)(=O)C2)[C@H]2CCS(=O)(=O)C2)cc1. The number of hydrazine groups is 1. The number of rotatable bonds is 7. The summed E-state index contributed by atoms with van der Waals surface area (Å²) in [6, 6.07) is 4.47. The minimum Gasteiger partial charge on any atom is -0.352 e. The summed E-state index contributed by atoms with van der Waals surface area (Å²) in [7, 11) is -10.8. The molecular weight excluding hydrogens is 454 g/mol. The van der Waals surface area contributed by atoms with Crippen molar-refractivity contribution in [3.05, 3.63) is 29.8 Å². The van der Waals surface area contributed by atoms with Gasteiger partial charge in [0.1, 0.15) is 0 Å². The third kappa shape index (κ3) is 5.58. The van der Waals surface area contributed by atoms with Gasteiger partial charge < -0.3 is 5.32 Å². The van der Waals surface area contributed by atoms with Crippen LogP contribution in [0.4, 0.5) is 0 Å². The molecule has 10 nitrogen and oxygen atoms in total. The van der Waals surface area contributed by atoms with E-state index in [9.17, 15) is 30.0 Å². The van der Waals surface area contributed by atoms with Crippen molar-refractivity contribution in [1.82, 2.24) is 15.2 Å². The topological polar surface area (TPSA) is 147 Å². The highest BCUT2D eigenvalue weighted by atomic mass is 32.2. The van der Waals surface area contributed by atoms with E-state index in [1.54, 1.807) is 12.1 Å². The van der Waals surface area contributed by atoms with Gasteiger partial charge in [-0.3, -0.25) is 4.79 Å². The largest absolute Gasteiger partial charge is 0.352 e. The zero-order chi connectivity index (χ0) is 22.2. The van der Waals surface area contributed by atoms with Crippen LogP contribution in [0.25, 0.3) is 0 Å². The molecule has 0 bridgehead atoms. The van der Waals surface area contributed by atoms with E-state index >= 15 is 0 Å². The molecule has 0 radical (unpaired) electrons. The van der Waals surface area contributed by atoms with Crippen LogP contribution >= 0.6 is 0 Å². The van der Waals surface area contributed by atoms with Crippen LogP contribution in [-0.4, -0.2) is 70.7 Å². The Hall–Kier alpha value is -1.54. The summed E-state index contributed by atoms with van der Waals surface area (Å²) in [5.41, 5.74) is 3.49. The lowest BCUT2D eigenvalue weighted by Gasteiger charge is -2.30. The van der Waals surface area contributed by atoms with Gasteiger partial charge >= 0.3 is 0 Å². The summed E-state index contributed by atoms with van der Waals surface area (Å²) in [6.07, 6.45) is 0.387. The zero-order valence-corrected chi connectivity index (χ0v) is 18.9. The lowest BCUT2D eigenvalue weighted by molar-refractivity contribution is -0.119. The number of hydrogen-bond donors (Lipinski definition) is 2. The average Bonchev–Trinajstić information content (AvgIpc) is 3.18. The monoisotopic (exact) mass is 479 g/mol. The van der Waals surface area contributed by atoms with Gasteiger partial charge in [-0.2, -0.15) is 0 Å². The lowest BCUT2D eigenvalue weighted by atomic mass is 10.2. The standard InChI is InChI=1S/C17H25N3O7S3/c1-13(21)18-10-14-2-4-17(5-3-14)30(26,27)20(16-7-9-29(24,25)12-16)19-15-6-8-28(22,23)11-15/h2-5,15-16,19H,6-12H2,1H3,(H,18,21)/t15-,16-/m0/s1. The van der Waals surface area contributed by atoms with Gasteiger partial charge in [-0.1, -0.05) is 12.1 Å². The Morgan fingerprint density at radius 3 is 2.13 bits per heavy atom. The van der Waals surface area contributed by atoms with Crippen molar-refractivity contribution in [1.29, 1.82) is 0 Å². The van der Waals surface area contributed by atoms with Crippen molar-refractivity contribution in [2.45, 2.75) is 43.3 Å². The fourth-order valence-corrected chi connectivity index (χ4v) is 8.55. The van der Waals surface area contributed by atoms with Crippen LogP contribution in [-0.2, 0) is 41.0 Å². The third-order valence-corrected chi connectivity index (χ3v) is 10.4. The average molecular weight is 480 g/mol. The maximum Gasteiger partial charge on any atom is 0.256 e. The van der Waals surface area contributed by atoms with Crippen molar-refractivity contribution in [2.75, 3.05) is 23.0 Å². The van der Waals surface area contributed by atoms with E-state index in [2.05, 4.69) is 10.7 Å². The van der Waals surface area contributed by atoms with Gasteiger partial charge in [0, 0.05) is 19.5 Å². The number of sulfonamides is 1. The first kappa shape index (κ1) is 23.1. The summed E-state index contributed by atoms with van der Waals surface area (Å²) in [5, 5.41) is 2.62. The van der Waals surface area contributed by atoms with Crippen molar-refractivity contribution in [2.24, 2.45) is 0 Å². The van der Waals surface area contributed by atoms with Gasteiger partial charge in [-0.15, -0.1) is 4.41 Å². The number of nitrogens with one attached hydrogen (secondary N) is 2. The third-order valence-electron chi connectivity index (χ3n) is 5.10. The van der Waals surface area contributed by atoms with Crippen LogP contribution in [0.3, 0.4) is 0 Å². The Bertz CT molecular complexity index is 1110. The molecule has 3 rings (SSSR count). The van der Waals surface area contributed by atoms with Crippen molar-refractivity contribution in [3.8, 4) is 0 Å². The fourth-order valence-electron chi connectivity index (χ4n) is 3.53. The van der Waals surface area contributed by atoms with Crippen LogP contribution in [0, 0.1) is 0 Å². The summed E-state index contributed by atoms with van der Waals surface area (Å²) in [6.45, 7) is 1.62. The molecule has 2 heterocycles. The molecule has 2 saturated heterocycles. The molecular formula is C17H25N3O7S3. The van der Waals surface area contributed by atoms with Gasteiger partial charge in [0.2, 0.25) is 5.91 Å². The van der Waals surface area contributed by atoms with E-state index in [-0.39, 0.29) is 53.2 Å². The fraction of sp³-hybridized carbons (Fsp3) is 0.588. The highest BCUT2D eigenvalue weighted by Gasteiger charge is 2.41.